The fraction of sp³-hybridized carbons (Fsp3) is 0.500. The van der Waals surface area contributed by atoms with E-state index in [1.807, 2.05) is 0 Å². The molecule has 1 unspecified atom stereocenters. The molecule has 1 aromatic rings. The lowest BCUT2D eigenvalue weighted by molar-refractivity contribution is -0.144. The molecule has 1 aromatic heterocycles. The number of hydrogen-bond donors (Lipinski definition) is 1. The standard InChI is InChI=1S/C14H15F2N3O2/c15-14(16)7-13(3-6-18-12(13)21)8-19(9-14)11(20)10-1-4-17-5-2-10/h1-2,4-5H,3,6-9H2,(H,18,21). The fourth-order valence-electron chi connectivity index (χ4n) is 3.16. The molecule has 5 nitrogen and oxygen atoms in total. The van der Waals surface area contributed by atoms with Crippen molar-refractivity contribution in [1.82, 2.24) is 15.2 Å². The zero-order chi connectivity index (χ0) is 15.1. The van der Waals surface area contributed by atoms with Gasteiger partial charge in [-0.05, 0) is 18.6 Å². The van der Waals surface area contributed by atoms with Gasteiger partial charge in [-0.15, -0.1) is 0 Å². The van der Waals surface area contributed by atoms with Crippen LogP contribution in [0.1, 0.15) is 23.2 Å². The van der Waals surface area contributed by atoms with Gasteiger partial charge >= 0.3 is 0 Å². The second-order valence-corrected chi connectivity index (χ2v) is 5.72. The number of amides is 2. The smallest absolute Gasteiger partial charge is 0.266 e. The molecule has 0 bridgehead atoms. The predicted octanol–water partition coefficient (Wildman–Crippen LogP) is 1.07. The summed E-state index contributed by atoms with van der Waals surface area (Å²) in [6, 6.07) is 2.97. The minimum atomic E-state index is -3.05. The highest BCUT2D eigenvalue weighted by Crippen LogP contribution is 2.43. The van der Waals surface area contributed by atoms with Crippen LogP contribution in [0.5, 0.6) is 0 Å². The molecule has 2 aliphatic rings. The van der Waals surface area contributed by atoms with E-state index < -0.39 is 30.2 Å². The third-order valence-corrected chi connectivity index (χ3v) is 4.10. The van der Waals surface area contributed by atoms with Crippen molar-refractivity contribution in [2.24, 2.45) is 5.41 Å². The van der Waals surface area contributed by atoms with E-state index in [2.05, 4.69) is 10.3 Å². The summed E-state index contributed by atoms with van der Waals surface area (Å²) in [5.74, 6) is -3.92. The van der Waals surface area contributed by atoms with Gasteiger partial charge in [-0.2, -0.15) is 0 Å². The summed E-state index contributed by atoms with van der Waals surface area (Å²) in [5, 5.41) is 2.60. The number of alkyl halides is 2. The Bertz CT molecular complexity index is 579. The Balaban J connectivity index is 1.89. The SMILES string of the molecule is O=C(c1ccncc1)N1CC(F)(F)CC2(CCNC2=O)C1. The van der Waals surface area contributed by atoms with E-state index >= 15 is 0 Å². The van der Waals surface area contributed by atoms with Crippen molar-refractivity contribution >= 4 is 11.8 Å². The number of likely N-dealkylation sites (tertiary alicyclic amines) is 1. The predicted molar refractivity (Wildman–Crippen MR) is 69.8 cm³/mol. The van der Waals surface area contributed by atoms with Crippen molar-refractivity contribution in [1.29, 1.82) is 0 Å². The lowest BCUT2D eigenvalue weighted by Crippen LogP contribution is -2.56. The van der Waals surface area contributed by atoms with Gasteiger partial charge in [0.25, 0.3) is 11.8 Å². The Labute approximate surface area is 120 Å². The second-order valence-electron chi connectivity index (χ2n) is 5.72. The minimum Gasteiger partial charge on any atom is -0.356 e. The van der Waals surface area contributed by atoms with Crippen LogP contribution in [0.3, 0.4) is 0 Å². The van der Waals surface area contributed by atoms with Crippen LogP contribution in [0.15, 0.2) is 24.5 Å². The lowest BCUT2D eigenvalue weighted by Gasteiger charge is -2.42. The Kier molecular flexibility index (Phi) is 3.15. The van der Waals surface area contributed by atoms with E-state index in [1.165, 1.54) is 24.5 Å². The number of carbonyl (C=O) groups is 2. The first-order valence-electron chi connectivity index (χ1n) is 6.77. The molecule has 2 amide bonds. The Morgan fingerprint density at radius 2 is 2.00 bits per heavy atom. The minimum absolute atomic E-state index is 0.0373. The zero-order valence-electron chi connectivity index (χ0n) is 11.3. The van der Waals surface area contributed by atoms with Crippen LogP contribution >= 0.6 is 0 Å². The van der Waals surface area contributed by atoms with E-state index in [0.717, 1.165) is 4.90 Å². The number of nitrogens with zero attached hydrogens (tertiary/aromatic N) is 2. The molecule has 0 radical (unpaired) electrons. The number of aromatic nitrogens is 1. The van der Waals surface area contributed by atoms with Crippen LogP contribution in [0.25, 0.3) is 0 Å². The van der Waals surface area contributed by atoms with Gasteiger partial charge in [0.05, 0.1) is 12.0 Å². The van der Waals surface area contributed by atoms with Crippen molar-refractivity contribution < 1.29 is 18.4 Å². The number of rotatable bonds is 1. The average Bonchev–Trinajstić information content (AvgIpc) is 2.77. The molecule has 112 valence electrons. The fourth-order valence-corrected chi connectivity index (χ4v) is 3.16. The molecule has 0 aliphatic carbocycles. The van der Waals surface area contributed by atoms with E-state index in [-0.39, 0.29) is 12.5 Å². The second kappa shape index (κ2) is 4.75. The van der Waals surface area contributed by atoms with E-state index in [4.69, 9.17) is 0 Å². The summed E-state index contributed by atoms with van der Waals surface area (Å²) in [6.45, 7) is -0.231. The van der Waals surface area contributed by atoms with E-state index in [9.17, 15) is 18.4 Å². The Hall–Kier alpha value is -2.05. The molecular weight excluding hydrogens is 280 g/mol. The molecule has 1 atom stereocenters. The monoisotopic (exact) mass is 295 g/mol. The molecule has 2 aliphatic heterocycles. The van der Waals surface area contributed by atoms with Gasteiger partial charge in [-0.3, -0.25) is 14.6 Å². The summed E-state index contributed by atoms with van der Waals surface area (Å²) in [6.07, 6.45) is 2.72. The molecule has 7 heteroatoms. The Morgan fingerprint density at radius 1 is 1.29 bits per heavy atom. The number of nitrogens with one attached hydrogen (secondary N) is 1. The third kappa shape index (κ3) is 2.48. The Morgan fingerprint density at radius 3 is 2.62 bits per heavy atom. The van der Waals surface area contributed by atoms with Gasteiger partial charge in [-0.25, -0.2) is 8.78 Å². The van der Waals surface area contributed by atoms with Gasteiger partial charge in [0.1, 0.15) is 0 Å². The molecule has 3 heterocycles. The molecule has 1 N–H and O–H groups in total. The van der Waals surface area contributed by atoms with E-state index in [0.29, 0.717) is 18.5 Å². The average molecular weight is 295 g/mol. The normalized spacial score (nSPS) is 27.7. The number of pyridine rings is 1. The first kappa shape index (κ1) is 13.9. The maximum atomic E-state index is 14.0. The van der Waals surface area contributed by atoms with Gasteiger partial charge < -0.3 is 10.2 Å². The summed E-state index contributed by atoms with van der Waals surface area (Å²) in [5.41, 5.74) is -0.860. The molecule has 0 saturated carbocycles. The van der Waals surface area contributed by atoms with Crippen LogP contribution in [-0.2, 0) is 4.79 Å². The van der Waals surface area contributed by atoms with Gasteiger partial charge in [-0.1, -0.05) is 0 Å². The summed E-state index contributed by atoms with van der Waals surface area (Å²) in [7, 11) is 0. The number of piperidine rings is 1. The summed E-state index contributed by atoms with van der Waals surface area (Å²) in [4.78, 5) is 29.2. The molecular formula is C14H15F2N3O2. The first-order chi connectivity index (χ1) is 9.92. The van der Waals surface area contributed by atoms with Crippen LogP contribution in [-0.4, -0.2) is 47.3 Å². The highest BCUT2D eigenvalue weighted by Gasteiger charge is 2.55. The van der Waals surface area contributed by atoms with Crippen molar-refractivity contribution in [3.05, 3.63) is 30.1 Å². The quantitative estimate of drug-likeness (QED) is 0.843. The molecule has 3 rings (SSSR count). The first-order valence-corrected chi connectivity index (χ1v) is 6.77. The molecule has 0 aromatic carbocycles. The molecule has 2 fully saturated rings. The van der Waals surface area contributed by atoms with Crippen LogP contribution in [0.2, 0.25) is 0 Å². The molecule has 1 spiro atoms. The van der Waals surface area contributed by atoms with Crippen LogP contribution in [0.4, 0.5) is 8.78 Å². The highest BCUT2D eigenvalue weighted by atomic mass is 19.3. The molecule has 2 saturated heterocycles. The van der Waals surface area contributed by atoms with Crippen molar-refractivity contribution in [2.75, 3.05) is 19.6 Å². The number of hydrogen-bond acceptors (Lipinski definition) is 3. The van der Waals surface area contributed by atoms with Gasteiger partial charge in [0, 0.05) is 37.5 Å². The third-order valence-electron chi connectivity index (χ3n) is 4.10. The van der Waals surface area contributed by atoms with Crippen molar-refractivity contribution in [3.63, 3.8) is 0 Å². The zero-order valence-corrected chi connectivity index (χ0v) is 11.3. The van der Waals surface area contributed by atoms with Crippen molar-refractivity contribution in [3.8, 4) is 0 Å². The van der Waals surface area contributed by atoms with Crippen LogP contribution < -0.4 is 5.32 Å². The highest BCUT2D eigenvalue weighted by molar-refractivity contribution is 5.95. The largest absolute Gasteiger partial charge is 0.356 e. The maximum absolute atomic E-state index is 14.0. The van der Waals surface area contributed by atoms with Gasteiger partial charge in [0.15, 0.2) is 0 Å². The summed E-state index contributed by atoms with van der Waals surface area (Å²) >= 11 is 0. The maximum Gasteiger partial charge on any atom is 0.266 e. The van der Waals surface area contributed by atoms with Crippen LogP contribution in [0, 0.1) is 5.41 Å². The van der Waals surface area contributed by atoms with E-state index in [1.54, 1.807) is 0 Å². The number of halogens is 2. The topological polar surface area (TPSA) is 62.3 Å². The number of carbonyl (C=O) groups excluding carboxylic acids is 2. The lowest BCUT2D eigenvalue weighted by atomic mass is 9.77. The molecule has 21 heavy (non-hydrogen) atoms. The van der Waals surface area contributed by atoms with Gasteiger partial charge in [0.2, 0.25) is 5.91 Å². The van der Waals surface area contributed by atoms with Crippen molar-refractivity contribution in [2.45, 2.75) is 18.8 Å². The summed E-state index contributed by atoms with van der Waals surface area (Å²) < 4.78 is 28.0.